The summed E-state index contributed by atoms with van der Waals surface area (Å²) >= 11 is 0. The van der Waals surface area contributed by atoms with Crippen LogP contribution in [0.1, 0.15) is 10.4 Å². The standard InChI is InChI=1S/C25H26N4O5S/c1-27(2)14-15-29-22-17-19(12-13-23(22)34-25(29)31)26-24(30)18-8-7-11-21(16-18)35(32,33)28(3)20-9-5-4-6-10-20/h4-13,16-17H,14-15H2,1-3H3,(H,26,30). The van der Waals surface area contributed by atoms with Gasteiger partial charge in [-0.15, -0.1) is 0 Å². The Labute approximate surface area is 203 Å². The number of carbonyl (C=O) groups is 1. The van der Waals surface area contributed by atoms with E-state index in [9.17, 15) is 18.0 Å². The maximum Gasteiger partial charge on any atom is 0.419 e. The molecule has 10 heteroatoms. The number of amides is 1. The van der Waals surface area contributed by atoms with Crippen molar-refractivity contribution < 1.29 is 17.6 Å². The first-order valence-corrected chi connectivity index (χ1v) is 12.3. The molecule has 0 saturated heterocycles. The lowest BCUT2D eigenvalue weighted by atomic mass is 10.2. The predicted octanol–water partition coefficient (Wildman–Crippen LogP) is 3.23. The SMILES string of the molecule is CN(C)CCn1c(=O)oc2ccc(NC(=O)c3cccc(S(=O)(=O)N(C)c4ccccc4)c3)cc21. The van der Waals surface area contributed by atoms with Gasteiger partial charge in [-0.2, -0.15) is 0 Å². The van der Waals surface area contributed by atoms with E-state index in [1.54, 1.807) is 54.6 Å². The molecule has 1 amide bonds. The molecule has 0 radical (unpaired) electrons. The molecule has 0 saturated carbocycles. The summed E-state index contributed by atoms with van der Waals surface area (Å²) in [5.74, 6) is -0.944. The Bertz CT molecular complexity index is 1520. The quantitative estimate of drug-likeness (QED) is 0.403. The number of aromatic nitrogens is 1. The highest BCUT2D eigenvalue weighted by molar-refractivity contribution is 7.92. The number of carbonyl (C=O) groups excluding carboxylic acids is 1. The number of rotatable bonds is 8. The van der Waals surface area contributed by atoms with E-state index in [1.807, 2.05) is 19.0 Å². The number of nitrogens with one attached hydrogen (secondary N) is 1. The highest BCUT2D eigenvalue weighted by Gasteiger charge is 2.22. The number of oxazole rings is 1. The zero-order chi connectivity index (χ0) is 25.2. The third kappa shape index (κ3) is 5.13. The van der Waals surface area contributed by atoms with Crippen LogP contribution in [0.15, 0.2) is 86.9 Å². The fourth-order valence-corrected chi connectivity index (χ4v) is 4.83. The summed E-state index contributed by atoms with van der Waals surface area (Å²) in [6.45, 7) is 1.08. The molecule has 1 aromatic heterocycles. The number of para-hydroxylation sites is 1. The van der Waals surface area contributed by atoms with Crippen LogP contribution >= 0.6 is 0 Å². The number of nitrogens with zero attached hydrogens (tertiary/aromatic N) is 3. The molecule has 3 aromatic carbocycles. The van der Waals surface area contributed by atoms with E-state index in [1.165, 1.54) is 34.1 Å². The molecule has 0 fully saturated rings. The van der Waals surface area contributed by atoms with E-state index < -0.39 is 21.7 Å². The minimum atomic E-state index is -3.87. The lowest BCUT2D eigenvalue weighted by Crippen LogP contribution is -2.26. The highest BCUT2D eigenvalue weighted by atomic mass is 32.2. The number of benzene rings is 3. The van der Waals surface area contributed by atoms with Crippen molar-refractivity contribution in [1.29, 1.82) is 0 Å². The Morgan fingerprint density at radius 2 is 1.71 bits per heavy atom. The van der Waals surface area contributed by atoms with E-state index in [-0.39, 0.29) is 10.5 Å². The van der Waals surface area contributed by atoms with E-state index in [0.29, 0.717) is 35.6 Å². The van der Waals surface area contributed by atoms with E-state index in [0.717, 1.165) is 0 Å². The minimum absolute atomic E-state index is 0.000635. The van der Waals surface area contributed by atoms with Crippen LogP contribution in [0.4, 0.5) is 11.4 Å². The Morgan fingerprint density at radius 1 is 0.971 bits per heavy atom. The van der Waals surface area contributed by atoms with Crippen molar-refractivity contribution in [2.24, 2.45) is 0 Å². The van der Waals surface area contributed by atoms with Crippen molar-refractivity contribution in [2.45, 2.75) is 11.4 Å². The number of hydrogen-bond donors (Lipinski definition) is 1. The third-order valence-electron chi connectivity index (χ3n) is 5.57. The van der Waals surface area contributed by atoms with E-state index in [4.69, 9.17) is 4.42 Å². The summed E-state index contributed by atoms with van der Waals surface area (Å²) in [7, 11) is 1.41. The fourth-order valence-electron chi connectivity index (χ4n) is 3.59. The summed E-state index contributed by atoms with van der Waals surface area (Å²) in [6.07, 6.45) is 0. The lowest BCUT2D eigenvalue weighted by Gasteiger charge is -2.19. The van der Waals surface area contributed by atoms with Crippen LogP contribution in [0.5, 0.6) is 0 Å². The van der Waals surface area contributed by atoms with Gasteiger partial charge in [0.25, 0.3) is 15.9 Å². The lowest BCUT2D eigenvalue weighted by molar-refractivity contribution is 0.102. The molecule has 0 aliphatic rings. The Kier molecular flexibility index (Phi) is 6.77. The first-order valence-electron chi connectivity index (χ1n) is 10.9. The molecule has 182 valence electrons. The highest BCUT2D eigenvalue weighted by Crippen LogP contribution is 2.23. The Balaban J connectivity index is 1.58. The minimum Gasteiger partial charge on any atom is -0.408 e. The van der Waals surface area contributed by atoms with Gasteiger partial charge in [-0.25, -0.2) is 13.2 Å². The van der Waals surface area contributed by atoms with Crippen molar-refractivity contribution in [2.75, 3.05) is 37.3 Å². The van der Waals surface area contributed by atoms with Gasteiger partial charge in [0.1, 0.15) is 0 Å². The summed E-state index contributed by atoms with van der Waals surface area (Å²) in [5, 5.41) is 2.78. The van der Waals surface area contributed by atoms with Crippen LogP contribution in [0, 0.1) is 0 Å². The largest absolute Gasteiger partial charge is 0.419 e. The first kappa shape index (κ1) is 24.2. The van der Waals surface area contributed by atoms with Gasteiger partial charge in [-0.3, -0.25) is 13.7 Å². The summed E-state index contributed by atoms with van der Waals surface area (Å²) in [4.78, 5) is 27.1. The average Bonchev–Trinajstić information content (AvgIpc) is 3.16. The van der Waals surface area contributed by atoms with Crippen LogP contribution in [0.3, 0.4) is 0 Å². The second-order valence-electron chi connectivity index (χ2n) is 8.30. The van der Waals surface area contributed by atoms with Gasteiger partial charge in [-0.1, -0.05) is 24.3 Å². The Morgan fingerprint density at radius 3 is 2.43 bits per heavy atom. The molecule has 0 spiro atoms. The monoisotopic (exact) mass is 494 g/mol. The molecular formula is C25H26N4O5S. The molecule has 4 rings (SSSR count). The van der Waals surface area contributed by atoms with Gasteiger partial charge in [0.2, 0.25) is 0 Å². The number of fused-ring (bicyclic) bond motifs is 1. The molecule has 9 nitrogen and oxygen atoms in total. The summed E-state index contributed by atoms with van der Waals surface area (Å²) in [5.41, 5.74) is 2.14. The van der Waals surface area contributed by atoms with Gasteiger partial charge in [0.05, 0.1) is 16.1 Å². The molecule has 4 aromatic rings. The topological polar surface area (TPSA) is 105 Å². The molecule has 0 bridgehead atoms. The zero-order valence-electron chi connectivity index (χ0n) is 19.6. The van der Waals surface area contributed by atoms with Crippen molar-refractivity contribution in [3.8, 4) is 0 Å². The second-order valence-corrected chi connectivity index (χ2v) is 10.3. The van der Waals surface area contributed by atoms with Gasteiger partial charge in [-0.05, 0) is 62.6 Å². The zero-order valence-corrected chi connectivity index (χ0v) is 20.5. The summed E-state index contributed by atoms with van der Waals surface area (Å²) < 4.78 is 34.2. The molecule has 0 atom stereocenters. The van der Waals surface area contributed by atoms with Crippen molar-refractivity contribution >= 4 is 38.4 Å². The van der Waals surface area contributed by atoms with Crippen LogP contribution in [0.25, 0.3) is 11.1 Å². The molecule has 1 heterocycles. The predicted molar refractivity (Wildman–Crippen MR) is 135 cm³/mol. The molecule has 35 heavy (non-hydrogen) atoms. The van der Waals surface area contributed by atoms with Crippen molar-refractivity contribution in [3.05, 3.63) is 88.9 Å². The molecule has 0 unspecified atom stereocenters. The normalized spacial score (nSPS) is 11.7. The van der Waals surface area contributed by atoms with Crippen LogP contribution in [-0.2, 0) is 16.6 Å². The first-order chi connectivity index (χ1) is 16.7. The summed E-state index contributed by atoms with van der Waals surface area (Å²) in [6, 6.07) is 19.5. The number of likely N-dealkylation sites (N-methyl/N-ethyl adjacent to an activating group) is 1. The van der Waals surface area contributed by atoms with Crippen molar-refractivity contribution in [3.63, 3.8) is 0 Å². The van der Waals surface area contributed by atoms with Gasteiger partial charge in [0, 0.05) is 31.4 Å². The maximum absolute atomic E-state index is 13.1. The fraction of sp³-hybridized carbons (Fsp3) is 0.200. The third-order valence-corrected chi connectivity index (χ3v) is 7.35. The second kappa shape index (κ2) is 9.77. The maximum atomic E-state index is 13.1. The van der Waals surface area contributed by atoms with Crippen LogP contribution < -0.4 is 15.4 Å². The van der Waals surface area contributed by atoms with Crippen LogP contribution in [0.2, 0.25) is 0 Å². The van der Waals surface area contributed by atoms with Gasteiger partial charge < -0.3 is 14.6 Å². The van der Waals surface area contributed by atoms with E-state index in [2.05, 4.69) is 5.32 Å². The van der Waals surface area contributed by atoms with Gasteiger partial charge >= 0.3 is 5.76 Å². The molecule has 1 N–H and O–H groups in total. The molecular weight excluding hydrogens is 468 g/mol. The van der Waals surface area contributed by atoms with Crippen molar-refractivity contribution in [1.82, 2.24) is 9.47 Å². The van der Waals surface area contributed by atoms with Crippen LogP contribution in [-0.4, -0.2) is 51.5 Å². The smallest absolute Gasteiger partial charge is 0.408 e. The van der Waals surface area contributed by atoms with E-state index >= 15 is 0 Å². The number of sulfonamides is 1. The number of hydrogen-bond acceptors (Lipinski definition) is 6. The Hall–Kier alpha value is -3.89. The van der Waals surface area contributed by atoms with Gasteiger partial charge in [0.15, 0.2) is 5.58 Å². The molecule has 0 aliphatic carbocycles. The molecule has 0 aliphatic heterocycles. The number of anilines is 2. The average molecular weight is 495 g/mol.